The fraction of sp³-hybridized carbons (Fsp3) is 0.316. The molecule has 2 aromatic heterocycles. The van der Waals surface area contributed by atoms with Gasteiger partial charge >= 0.3 is 5.69 Å². The quantitative estimate of drug-likeness (QED) is 0.493. The lowest BCUT2D eigenvalue weighted by molar-refractivity contribution is -0.116. The number of carbonyl (C=O) groups excluding carboxylic acids is 2. The summed E-state index contributed by atoms with van der Waals surface area (Å²) in [4.78, 5) is 53.8. The van der Waals surface area contributed by atoms with Gasteiger partial charge in [0.2, 0.25) is 5.91 Å². The lowest BCUT2D eigenvalue weighted by atomic mass is 10.2. The highest BCUT2D eigenvalue weighted by Gasteiger charge is 2.17. The van der Waals surface area contributed by atoms with Crippen LogP contribution in [-0.4, -0.2) is 50.8 Å². The number of nitrogens with one attached hydrogen (secondary N) is 2. The van der Waals surface area contributed by atoms with E-state index < -0.39 is 23.7 Å². The molecule has 164 valence electrons. The summed E-state index contributed by atoms with van der Waals surface area (Å²) in [5.74, 6) is -0.978. The predicted molar refractivity (Wildman–Crippen MR) is 115 cm³/mol. The lowest BCUT2D eigenvalue weighted by Crippen LogP contribution is -2.42. The first-order chi connectivity index (χ1) is 14.7. The summed E-state index contributed by atoms with van der Waals surface area (Å²) < 4.78 is 8.40. The number of carbonyl (C=O) groups is 2. The number of ether oxygens (including phenoxy) is 1. The molecule has 0 bridgehead atoms. The molecular formula is C19H21ClN6O5. The second-order valence-corrected chi connectivity index (χ2v) is 7.16. The van der Waals surface area contributed by atoms with Gasteiger partial charge in [-0.25, -0.2) is 14.3 Å². The van der Waals surface area contributed by atoms with E-state index in [2.05, 4.69) is 15.6 Å². The van der Waals surface area contributed by atoms with Crippen molar-refractivity contribution in [2.24, 2.45) is 14.1 Å². The summed E-state index contributed by atoms with van der Waals surface area (Å²) in [6.07, 6.45) is 1.42. The molecule has 0 spiro atoms. The number of anilines is 1. The molecule has 1 aromatic carbocycles. The van der Waals surface area contributed by atoms with E-state index in [1.165, 1.54) is 47.8 Å². The van der Waals surface area contributed by atoms with Gasteiger partial charge in [-0.1, -0.05) is 11.6 Å². The van der Waals surface area contributed by atoms with Gasteiger partial charge in [-0.15, -0.1) is 0 Å². The molecule has 3 rings (SSSR count). The molecule has 0 saturated carbocycles. The third-order valence-electron chi connectivity index (χ3n) is 4.59. The minimum atomic E-state index is -0.660. The zero-order chi connectivity index (χ0) is 22.7. The van der Waals surface area contributed by atoms with E-state index in [-0.39, 0.29) is 27.7 Å². The van der Waals surface area contributed by atoms with E-state index in [1.54, 1.807) is 7.05 Å². The number of aryl methyl sites for hydroxylation is 2. The Morgan fingerprint density at radius 3 is 2.65 bits per heavy atom. The number of hydrogen-bond donors (Lipinski definition) is 2. The van der Waals surface area contributed by atoms with Crippen LogP contribution in [0, 0.1) is 0 Å². The molecule has 0 fully saturated rings. The molecule has 12 heteroatoms. The largest absolute Gasteiger partial charge is 0.383 e. The van der Waals surface area contributed by atoms with Crippen molar-refractivity contribution < 1.29 is 14.3 Å². The summed E-state index contributed by atoms with van der Waals surface area (Å²) in [6.45, 7) is 0.194. The zero-order valence-electron chi connectivity index (χ0n) is 17.1. The Labute approximate surface area is 181 Å². The van der Waals surface area contributed by atoms with Gasteiger partial charge in [0.25, 0.3) is 11.5 Å². The maximum Gasteiger partial charge on any atom is 0.332 e. The lowest BCUT2D eigenvalue weighted by Gasteiger charge is -2.11. The van der Waals surface area contributed by atoms with Gasteiger partial charge in [-0.3, -0.25) is 19.0 Å². The molecule has 11 nitrogen and oxygen atoms in total. The van der Waals surface area contributed by atoms with E-state index in [4.69, 9.17) is 16.3 Å². The monoisotopic (exact) mass is 448 g/mol. The van der Waals surface area contributed by atoms with E-state index in [1.807, 2.05) is 0 Å². The van der Waals surface area contributed by atoms with Crippen molar-refractivity contribution >= 4 is 40.3 Å². The van der Waals surface area contributed by atoms with Gasteiger partial charge in [-0.05, 0) is 18.2 Å². The summed E-state index contributed by atoms with van der Waals surface area (Å²) in [5, 5.41) is 5.36. The van der Waals surface area contributed by atoms with Crippen LogP contribution in [0.15, 0.2) is 34.1 Å². The first kappa shape index (κ1) is 22.2. The van der Waals surface area contributed by atoms with Crippen LogP contribution in [0.4, 0.5) is 5.69 Å². The maximum absolute atomic E-state index is 12.7. The Balaban J connectivity index is 1.78. The van der Waals surface area contributed by atoms with Gasteiger partial charge in [0, 0.05) is 33.4 Å². The van der Waals surface area contributed by atoms with Gasteiger partial charge in [0.15, 0.2) is 11.2 Å². The van der Waals surface area contributed by atoms with Crippen LogP contribution < -0.4 is 21.9 Å². The van der Waals surface area contributed by atoms with Crippen molar-refractivity contribution in [3.05, 3.63) is 56.0 Å². The smallest absolute Gasteiger partial charge is 0.332 e. The van der Waals surface area contributed by atoms with Crippen LogP contribution in [0.5, 0.6) is 0 Å². The van der Waals surface area contributed by atoms with Crippen molar-refractivity contribution in [1.29, 1.82) is 0 Å². The van der Waals surface area contributed by atoms with Gasteiger partial charge < -0.3 is 19.9 Å². The molecule has 0 aliphatic heterocycles. The first-order valence-electron chi connectivity index (χ1n) is 9.22. The van der Waals surface area contributed by atoms with Crippen LogP contribution in [0.25, 0.3) is 11.2 Å². The molecule has 2 amide bonds. The molecule has 0 atom stereocenters. The number of fused-ring (bicyclic) bond motifs is 1. The summed E-state index contributed by atoms with van der Waals surface area (Å²) in [5.41, 5.74) is -0.277. The van der Waals surface area contributed by atoms with Crippen LogP contribution >= 0.6 is 11.6 Å². The number of amides is 2. The minimum absolute atomic E-state index is 0.136. The number of aromatic nitrogens is 4. The van der Waals surface area contributed by atoms with E-state index in [9.17, 15) is 19.2 Å². The average Bonchev–Trinajstić information content (AvgIpc) is 3.11. The molecule has 0 saturated heterocycles. The van der Waals surface area contributed by atoms with Gasteiger partial charge in [0.05, 0.1) is 23.5 Å². The zero-order valence-corrected chi connectivity index (χ0v) is 17.9. The topological polar surface area (TPSA) is 129 Å². The van der Waals surface area contributed by atoms with E-state index in [0.29, 0.717) is 18.8 Å². The second-order valence-electron chi connectivity index (χ2n) is 6.75. The highest BCUT2D eigenvalue weighted by Crippen LogP contribution is 2.21. The molecule has 31 heavy (non-hydrogen) atoms. The number of methoxy groups -OCH3 is 1. The van der Waals surface area contributed by atoms with Crippen LogP contribution in [-0.2, 0) is 30.2 Å². The molecule has 0 aliphatic carbocycles. The Hall–Kier alpha value is -3.44. The molecule has 0 unspecified atom stereocenters. The average molecular weight is 449 g/mol. The highest BCUT2D eigenvalue weighted by atomic mass is 35.5. The van der Waals surface area contributed by atoms with Crippen molar-refractivity contribution in [2.75, 3.05) is 25.6 Å². The molecular weight excluding hydrogens is 428 g/mol. The summed E-state index contributed by atoms with van der Waals surface area (Å²) in [7, 11) is 4.62. The van der Waals surface area contributed by atoms with Crippen molar-refractivity contribution in [1.82, 2.24) is 24.0 Å². The number of imidazole rings is 1. The number of benzene rings is 1. The Morgan fingerprint density at radius 2 is 1.97 bits per heavy atom. The van der Waals surface area contributed by atoms with Crippen LogP contribution in [0.3, 0.4) is 0 Å². The van der Waals surface area contributed by atoms with Gasteiger partial charge in [0.1, 0.15) is 6.54 Å². The standard InChI is InChI=1S/C19H21ClN6O5/c1-24-10-22-16-15(24)18(29)26(19(30)25(16)2)9-14(27)23-11-4-5-12(13(20)8-11)17(28)21-6-7-31-3/h4-5,8,10H,6-7,9H2,1-3H3,(H,21,28)(H,23,27). The van der Waals surface area contributed by atoms with Gasteiger partial charge in [-0.2, -0.15) is 0 Å². The maximum atomic E-state index is 12.7. The van der Waals surface area contributed by atoms with Crippen molar-refractivity contribution in [2.45, 2.75) is 6.54 Å². The third kappa shape index (κ3) is 4.52. The Bertz CT molecular complexity index is 1280. The highest BCUT2D eigenvalue weighted by molar-refractivity contribution is 6.34. The van der Waals surface area contributed by atoms with Crippen LogP contribution in [0.1, 0.15) is 10.4 Å². The Kier molecular flexibility index (Phi) is 6.56. The van der Waals surface area contributed by atoms with Crippen molar-refractivity contribution in [3.8, 4) is 0 Å². The molecule has 0 radical (unpaired) electrons. The normalized spacial score (nSPS) is 11.0. The summed E-state index contributed by atoms with van der Waals surface area (Å²) in [6, 6.07) is 4.38. The molecule has 2 heterocycles. The number of hydrogen-bond acceptors (Lipinski definition) is 6. The minimum Gasteiger partial charge on any atom is -0.383 e. The Morgan fingerprint density at radius 1 is 1.23 bits per heavy atom. The van der Waals surface area contributed by atoms with E-state index in [0.717, 1.165) is 4.57 Å². The number of halogens is 1. The fourth-order valence-corrected chi connectivity index (χ4v) is 3.29. The first-order valence-corrected chi connectivity index (χ1v) is 9.59. The molecule has 3 aromatic rings. The van der Waals surface area contributed by atoms with E-state index >= 15 is 0 Å². The molecule has 2 N–H and O–H groups in total. The van der Waals surface area contributed by atoms with Crippen LogP contribution in [0.2, 0.25) is 5.02 Å². The molecule has 0 aliphatic rings. The number of nitrogens with zero attached hydrogens (tertiary/aromatic N) is 4. The SMILES string of the molecule is COCCNC(=O)c1ccc(NC(=O)Cn2c(=O)c3c(ncn3C)n(C)c2=O)cc1Cl. The third-order valence-corrected chi connectivity index (χ3v) is 4.90. The predicted octanol–water partition coefficient (Wildman–Crippen LogP) is 0.102. The fourth-order valence-electron chi connectivity index (χ4n) is 3.02. The summed E-state index contributed by atoms with van der Waals surface area (Å²) >= 11 is 6.16. The van der Waals surface area contributed by atoms with Crippen molar-refractivity contribution in [3.63, 3.8) is 0 Å². The second kappa shape index (κ2) is 9.14. The number of rotatable bonds is 7.